The van der Waals surface area contributed by atoms with Gasteiger partial charge >= 0.3 is 0 Å². The molecule has 2 rings (SSSR count). The van der Waals surface area contributed by atoms with Gasteiger partial charge in [0, 0.05) is 50.1 Å². The highest BCUT2D eigenvalue weighted by molar-refractivity contribution is 7.91. The molecule has 0 bridgehead atoms. The van der Waals surface area contributed by atoms with E-state index >= 15 is 0 Å². The van der Waals surface area contributed by atoms with Crippen molar-refractivity contribution in [1.29, 1.82) is 0 Å². The summed E-state index contributed by atoms with van der Waals surface area (Å²) in [7, 11) is 1.40. The number of rotatable bonds is 8. The number of sulfonamides is 1. The predicted octanol–water partition coefficient (Wildman–Crippen LogP) is 1.93. The summed E-state index contributed by atoms with van der Waals surface area (Å²) >= 11 is 3.00. The lowest BCUT2D eigenvalue weighted by molar-refractivity contribution is 0.523. The molecule has 7 nitrogen and oxygen atoms in total. The van der Waals surface area contributed by atoms with Crippen LogP contribution in [-0.4, -0.2) is 51.4 Å². The number of hydrogen-bond acceptors (Lipinski definition) is 6. The Labute approximate surface area is 163 Å². The lowest BCUT2D eigenvalue weighted by Gasteiger charge is -2.10. The molecule has 10 heteroatoms. The average molecular weight is 416 g/mol. The van der Waals surface area contributed by atoms with E-state index in [0.717, 1.165) is 29.3 Å². The zero-order chi connectivity index (χ0) is 19.2. The second-order valence-electron chi connectivity index (χ2n) is 5.68. The molecule has 0 atom stereocenters. The average Bonchev–Trinajstić information content (AvgIpc) is 3.27. The molecule has 2 aromatic rings. The van der Waals surface area contributed by atoms with E-state index < -0.39 is 10.0 Å². The van der Waals surface area contributed by atoms with Gasteiger partial charge in [-0.1, -0.05) is 6.92 Å². The van der Waals surface area contributed by atoms with Crippen LogP contribution in [0.4, 0.5) is 0 Å². The van der Waals surface area contributed by atoms with Crippen molar-refractivity contribution in [1.82, 2.24) is 19.9 Å². The van der Waals surface area contributed by atoms with Gasteiger partial charge in [-0.2, -0.15) is 0 Å². The number of nitrogens with zero attached hydrogens (tertiary/aromatic N) is 3. The van der Waals surface area contributed by atoms with Crippen molar-refractivity contribution >= 4 is 38.7 Å². The van der Waals surface area contributed by atoms with Gasteiger partial charge in [-0.3, -0.25) is 4.99 Å². The summed E-state index contributed by atoms with van der Waals surface area (Å²) in [6.07, 6.45) is 3.79. The fourth-order valence-electron chi connectivity index (χ4n) is 2.08. The summed E-state index contributed by atoms with van der Waals surface area (Å²) < 4.78 is 25.8. The van der Waals surface area contributed by atoms with Crippen LogP contribution in [0.2, 0.25) is 0 Å². The van der Waals surface area contributed by atoms with Crippen molar-refractivity contribution in [3.63, 3.8) is 0 Å². The van der Waals surface area contributed by atoms with E-state index in [0.29, 0.717) is 16.7 Å². The van der Waals surface area contributed by atoms with Crippen LogP contribution in [-0.2, 0) is 29.4 Å². The number of hydrogen-bond donors (Lipinski definition) is 2. The lowest BCUT2D eigenvalue weighted by Crippen LogP contribution is -2.37. The maximum Gasteiger partial charge on any atom is 0.252 e. The fraction of sp³-hybridized carbons (Fsp3) is 0.500. The number of aliphatic imine (C=N–C) groups is 1. The van der Waals surface area contributed by atoms with Crippen LogP contribution in [0.15, 0.2) is 27.5 Å². The van der Waals surface area contributed by atoms with Crippen LogP contribution in [0.1, 0.15) is 21.7 Å². The quantitative estimate of drug-likeness (QED) is 0.508. The molecule has 26 heavy (non-hydrogen) atoms. The van der Waals surface area contributed by atoms with Gasteiger partial charge in [0.2, 0.25) is 0 Å². The number of nitrogens with one attached hydrogen (secondary N) is 2. The van der Waals surface area contributed by atoms with Crippen LogP contribution >= 0.6 is 22.7 Å². The number of aromatic nitrogens is 1. The van der Waals surface area contributed by atoms with Gasteiger partial charge in [0.05, 0.1) is 11.6 Å². The van der Waals surface area contributed by atoms with E-state index in [9.17, 15) is 8.42 Å². The standard InChI is InChI=1S/C16H25N5O2S3/c1-5-12-10-19-14(24-12)8-9-18-16(17-2)20-11-13-6-7-15(25-13)26(22,23)21(3)4/h6-7,10H,5,8-9,11H2,1-4H3,(H2,17,18,20). The molecule has 0 aliphatic rings. The first-order valence-electron chi connectivity index (χ1n) is 8.26. The highest BCUT2D eigenvalue weighted by atomic mass is 32.2. The van der Waals surface area contributed by atoms with Crippen molar-refractivity contribution in [2.45, 2.75) is 30.5 Å². The Balaban J connectivity index is 1.82. The van der Waals surface area contributed by atoms with Gasteiger partial charge in [0.15, 0.2) is 5.96 Å². The van der Waals surface area contributed by atoms with Gasteiger partial charge in [-0.05, 0) is 18.6 Å². The van der Waals surface area contributed by atoms with Gasteiger partial charge in [-0.15, -0.1) is 22.7 Å². The lowest BCUT2D eigenvalue weighted by atomic mass is 10.4. The molecule has 0 amide bonds. The van der Waals surface area contributed by atoms with Crippen molar-refractivity contribution in [2.24, 2.45) is 4.99 Å². The van der Waals surface area contributed by atoms with E-state index in [1.165, 1.54) is 34.6 Å². The molecule has 2 N–H and O–H groups in total. The summed E-state index contributed by atoms with van der Waals surface area (Å²) in [6.45, 7) is 3.38. The molecular weight excluding hydrogens is 390 g/mol. The molecule has 0 unspecified atom stereocenters. The smallest absolute Gasteiger partial charge is 0.252 e. The molecular formula is C16H25N5O2S3. The van der Waals surface area contributed by atoms with Crippen LogP contribution < -0.4 is 10.6 Å². The molecule has 0 radical (unpaired) electrons. The third kappa shape index (κ3) is 5.50. The summed E-state index contributed by atoms with van der Waals surface area (Å²) in [5.41, 5.74) is 0. The van der Waals surface area contributed by atoms with Gasteiger partial charge in [0.1, 0.15) is 4.21 Å². The van der Waals surface area contributed by atoms with Gasteiger partial charge in [0.25, 0.3) is 10.0 Å². The Morgan fingerprint density at radius 1 is 1.23 bits per heavy atom. The summed E-state index contributed by atoms with van der Waals surface area (Å²) in [5.74, 6) is 0.683. The normalized spacial score (nSPS) is 12.6. The highest BCUT2D eigenvalue weighted by Crippen LogP contribution is 2.23. The van der Waals surface area contributed by atoms with E-state index in [1.54, 1.807) is 24.5 Å². The van der Waals surface area contributed by atoms with Crippen molar-refractivity contribution in [3.8, 4) is 0 Å². The molecule has 2 heterocycles. The molecule has 144 valence electrons. The number of thiazole rings is 1. The van der Waals surface area contributed by atoms with Crippen LogP contribution in [0.25, 0.3) is 0 Å². The molecule has 0 saturated heterocycles. The van der Waals surface area contributed by atoms with Crippen LogP contribution in [0.3, 0.4) is 0 Å². The minimum absolute atomic E-state index is 0.345. The number of guanidine groups is 1. The molecule has 0 spiro atoms. The third-order valence-corrected chi connectivity index (χ3v) is 8.18. The molecule has 0 aromatic carbocycles. The minimum Gasteiger partial charge on any atom is -0.356 e. The Hall–Kier alpha value is -1.49. The van der Waals surface area contributed by atoms with Gasteiger partial charge < -0.3 is 10.6 Å². The van der Waals surface area contributed by atoms with Crippen molar-refractivity contribution in [3.05, 3.63) is 33.1 Å². The second-order valence-corrected chi connectivity index (χ2v) is 10.4. The monoisotopic (exact) mass is 415 g/mol. The zero-order valence-corrected chi connectivity index (χ0v) is 17.9. The van der Waals surface area contributed by atoms with E-state index in [1.807, 2.05) is 12.3 Å². The van der Waals surface area contributed by atoms with E-state index in [2.05, 4.69) is 27.5 Å². The molecule has 0 aliphatic heterocycles. The summed E-state index contributed by atoms with van der Waals surface area (Å²) in [4.78, 5) is 10.8. The zero-order valence-electron chi connectivity index (χ0n) is 15.4. The van der Waals surface area contributed by atoms with Gasteiger partial charge in [-0.25, -0.2) is 17.7 Å². The molecule has 2 aromatic heterocycles. The molecule has 0 fully saturated rings. The number of thiophene rings is 1. The topological polar surface area (TPSA) is 86.7 Å². The Bertz CT molecular complexity index is 840. The fourth-order valence-corrected chi connectivity index (χ4v) is 5.40. The predicted molar refractivity (Wildman–Crippen MR) is 109 cm³/mol. The second kappa shape index (κ2) is 9.45. The first kappa shape index (κ1) is 20.8. The summed E-state index contributed by atoms with van der Waals surface area (Å²) in [6, 6.07) is 3.46. The van der Waals surface area contributed by atoms with E-state index in [4.69, 9.17) is 0 Å². The van der Waals surface area contributed by atoms with Crippen molar-refractivity contribution in [2.75, 3.05) is 27.7 Å². The minimum atomic E-state index is -3.37. The Kier molecular flexibility index (Phi) is 7.56. The van der Waals surface area contributed by atoms with E-state index in [-0.39, 0.29) is 0 Å². The van der Waals surface area contributed by atoms with Crippen LogP contribution in [0.5, 0.6) is 0 Å². The van der Waals surface area contributed by atoms with Crippen LogP contribution in [0, 0.1) is 0 Å². The van der Waals surface area contributed by atoms with Crippen molar-refractivity contribution < 1.29 is 8.42 Å². The molecule has 0 saturated carbocycles. The Morgan fingerprint density at radius 3 is 2.62 bits per heavy atom. The Morgan fingerprint density at radius 2 is 2.00 bits per heavy atom. The summed E-state index contributed by atoms with van der Waals surface area (Å²) in [5, 5.41) is 7.57. The SMILES string of the molecule is CCc1cnc(CCNC(=NC)NCc2ccc(S(=O)(=O)N(C)C)s2)s1. The highest BCUT2D eigenvalue weighted by Gasteiger charge is 2.19. The first-order valence-corrected chi connectivity index (χ1v) is 11.3. The first-order chi connectivity index (χ1) is 12.4. The number of aryl methyl sites for hydroxylation is 1. The molecule has 0 aliphatic carbocycles. The largest absolute Gasteiger partial charge is 0.356 e. The maximum atomic E-state index is 12.1. The maximum absolute atomic E-state index is 12.1. The third-order valence-electron chi connectivity index (χ3n) is 3.61.